The highest BCUT2D eigenvalue weighted by Gasteiger charge is 2.25. The minimum absolute atomic E-state index is 0.0757. The molecule has 7 heteroatoms. The molecule has 0 unspecified atom stereocenters. The van der Waals surface area contributed by atoms with Gasteiger partial charge in [0.25, 0.3) is 5.56 Å². The molecular weight excluding hydrogens is 354 g/mol. The van der Waals surface area contributed by atoms with Crippen LogP contribution in [0.5, 0.6) is 0 Å². The summed E-state index contributed by atoms with van der Waals surface area (Å²) >= 11 is 0. The van der Waals surface area contributed by atoms with Gasteiger partial charge in [0.15, 0.2) is 5.82 Å². The van der Waals surface area contributed by atoms with Crippen molar-refractivity contribution >= 4 is 11.7 Å². The smallest absolute Gasteiger partial charge is 0.279 e. The van der Waals surface area contributed by atoms with E-state index in [0.29, 0.717) is 24.1 Å². The van der Waals surface area contributed by atoms with Crippen molar-refractivity contribution in [2.24, 2.45) is 5.92 Å². The van der Waals surface area contributed by atoms with Gasteiger partial charge in [-0.1, -0.05) is 43.7 Å². The molecule has 0 bridgehead atoms. The normalized spacial score (nSPS) is 13.3. The van der Waals surface area contributed by atoms with Crippen molar-refractivity contribution in [1.82, 2.24) is 24.5 Å². The predicted octanol–water partition coefficient (Wildman–Crippen LogP) is 2.13. The lowest BCUT2D eigenvalue weighted by molar-refractivity contribution is -0.121. The zero-order chi connectivity index (χ0) is 19.8. The van der Waals surface area contributed by atoms with Crippen LogP contribution in [0.25, 0.3) is 17.2 Å². The highest BCUT2D eigenvalue weighted by molar-refractivity contribution is 5.76. The topological polar surface area (TPSA) is 81.3 Å². The van der Waals surface area contributed by atoms with Gasteiger partial charge in [0.1, 0.15) is 6.54 Å². The van der Waals surface area contributed by atoms with Gasteiger partial charge in [-0.3, -0.25) is 9.59 Å². The Morgan fingerprint density at radius 2 is 1.96 bits per heavy atom. The summed E-state index contributed by atoms with van der Waals surface area (Å²) in [6, 6.07) is 7.88. The standard InChI is InChI=1S/C21H25N5O2/c1-13(2)11-22-18(27)12-25-17-6-4-5-16(17)20(28)26-21(25)23-19(24-26)15-9-7-14(3)8-10-15/h7-10,13H,4-6,11-12H2,1-3H3,(H,22,27). The van der Waals surface area contributed by atoms with Gasteiger partial charge in [0, 0.05) is 23.4 Å². The molecule has 146 valence electrons. The third kappa shape index (κ3) is 3.32. The number of aromatic nitrogens is 4. The maximum Gasteiger partial charge on any atom is 0.279 e. The van der Waals surface area contributed by atoms with E-state index in [2.05, 4.69) is 29.2 Å². The number of fused-ring (bicyclic) bond motifs is 2. The van der Waals surface area contributed by atoms with Crippen molar-refractivity contribution in [2.45, 2.75) is 46.6 Å². The second kappa shape index (κ2) is 7.22. The van der Waals surface area contributed by atoms with Crippen LogP contribution in [-0.2, 0) is 24.2 Å². The second-order valence-corrected chi connectivity index (χ2v) is 7.88. The quantitative estimate of drug-likeness (QED) is 0.736. The number of nitrogens with zero attached hydrogens (tertiary/aromatic N) is 4. The van der Waals surface area contributed by atoms with Crippen LogP contribution in [-0.4, -0.2) is 31.6 Å². The molecule has 1 N–H and O–H groups in total. The summed E-state index contributed by atoms with van der Waals surface area (Å²) in [6.45, 7) is 6.90. The highest BCUT2D eigenvalue weighted by atomic mass is 16.2. The molecular formula is C21H25N5O2. The number of hydrogen-bond donors (Lipinski definition) is 1. The number of carbonyl (C=O) groups excluding carboxylic acids is 1. The van der Waals surface area contributed by atoms with Gasteiger partial charge in [0.2, 0.25) is 11.7 Å². The number of rotatable bonds is 5. The van der Waals surface area contributed by atoms with Crippen molar-refractivity contribution < 1.29 is 4.79 Å². The Morgan fingerprint density at radius 1 is 1.21 bits per heavy atom. The average Bonchev–Trinajstić information content (AvgIpc) is 3.32. The molecule has 1 amide bonds. The van der Waals surface area contributed by atoms with Crippen molar-refractivity contribution in [3.05, 3.63) is 51.4 Å². The molecule has 1 aliphatic carbocycles. The monoisotopic (exact) mass is 379 g/mol. The largest absolute Gasteiger partial charge is 0.354 e. The third-order valence-corrected chi connectivity index (χ3v) is 5.12. The van der Waals surface area contributed by atoms with Gasteiger partial charge < -0.3 is 9.88 Å². The minimum Gasteiger partial charge on any atom is -0.354 e. The maximum absolute atomic E-state index is 12.9. The average molecular weight is 379 g/mol. The fourth-order valence-electron chi connectivity index (χ4n) is 3.63. The number of benzene rings is 1. The molecule has 7 nitrogen and oxygen atoms in total. The van der Waals surface area contributed by atoms with E-state index in [-0.39, 0.29) is 18.0 Å². The van der Waals surface area contributed by atoms with Crippen LogP contribution in [0.15, 0.2) is 29.1 Å². The lowest BCUT2D eigenvalue weighted by Gasteiger charge is -2.14. The van der Waals surface area contributed by atoms with Crippen molar-refractivity contribution in [2.75, 3.05) is 6.54 Å². The van der Waals surface area contributed by atoms with E-state index in [0.717, 1.165) is 41.6 Å². The zero-order valence-corrected chi connectivity index (χ0v) is 16.5. The lowest BCUT2D eigenvalue weighted by Crippen LogP contribution is -2.33. The number of hydrogen-bond acceptors (Lipinski definition) is 4. The molecule has 1 aliphatic rings. The van der Waals surface area contributed by atoms with Crippen molar-refractivity contribution in [3.63, 3.8) is 0 Å². The first kappa shape index (κ1) is 18.4. The molecule has 1 aromatic carbocycles. The van der Waals surface area contributed by atoms with Gasteiger partial charge in [-0.05, 0) is 32.1 Å². The first-order chi connectivity index (χ1) is 13.4. The Labute approximate surface area is 163 Å². The fraction of sp³-hybridized carbons (Fsp3) is 0.429. The van der Waals surface area contributed by atoms with E-state index in [9.17, 15) is 9.59 Å². The Morgan fingerprint density at radius 3 is 2.68 bits per heavy atom. The number of carbonyl (C=O) groups is 1. The summed E-state index contributed by atoms with van der Waals surface area (Å²) in [5, 5.41) is 7.42. The first-order valence-corrected chi connectivity index (χ1v) is 9.79. The molecule has 4 rings (SSSR count). The second-order valence-electron chi connectivity index (χ2n) is 7.88. The van der Waals surface area contributed by atoms with E-state index in [4.69, 9.17) is 0 Å². The highest BCUT2D eigenvalue weighted by Crippen LogP contribution is 2.22. The molecule has 0 radical (unpaired) electrons. The van der Waals surface area contributed by atoms with Crippen LogP contribution >= 0.6 is 0 Å². The van der Waals surface area contributed by atoms with Crippen LogP contribution < -0.4 is 10.9 Å². The van der Waals surface area contributed by atoms with E-state index >= 15 is 0 Å². The Hall–Kier alpha value is -2.96. The summed E-state index contributed by atoms with van der Waals surface area (Å²) in [4.78, 5) is 30.0. The molecule has 0 saturated heterocycles. The molecule has 0 saturated carbocycles. The van der Waals surface area contributed by atoms with Crippen LogP contribution in [0.2, 0.25) is 0 Å². The zero-order valence-electron chi connectivity index (χ0n) is 16.5. The molecule has 2 heterocycles. The van der Waals surface area contributed by atoms with Crippen molar-refractivity contribution in [3.8, 4) is 11.4 Å². The molecule has 0 atom stereocenters. The Kier molecular flexibility index (Phi) is 4.75. The van der Waals surface area contributed by atoms with Crippen LogP contribution in [0, 0.1) is 12.8 Å². The van der Waals surface area contributed by atoms with Gasteiger partial charge in [-0.25, -0.2) is 0 Å². The maximum atomic E-state index is 12.9. The van der Waals surface area contributed by atoms with E-state index in [1.165, 1.54) is 4.52 Å². The minimum atomic E-state index is -0.118. The fourth-order valence-corrected chi connectivity index (χ4v) is 3.63. The molecule has 0 spiro atoms. The van der Waals surface area contributed by atoms with Gasteiger partial charge in [0.05, 0.1) is 0 Å². The number of amides is 1. The van der Waals surface area contributed by atoms with Crippen LogP contribution in [0.4, 0.5) is 0 Å². The first-order valence-electron chi connectivity index (χ1n) is 9.79. The number of aryl methyl sites for hydroxylation is 1. The number of nitrogens with one attached hydrogen (secondary N) is 1. The van der Waals surface area contributed by atoms with E-state index < -0.39 is 0 Å². The van der Waals surface area contributed by atoms with Gasteiger partial charge >= 0.3 is 0 Å². The Bertz CT molecular complexity index is 1090. The van der Waals surface area contributed by atoms with E-state index in [1.807, 2.05) is 35.8 Å². The molecule has 0 aliphatic heterocycles. The van der Waals surface area contributed by atoms with Gasteiger partial charge in [-0.15, -0.1) is 5.10 Å². The summed E-state index contributed by atoms with van der Waals surface area (Å²) in [5.74, 6) is 1.23. The van der Waals surface area contributed by atoms with E-state index in [1.54, 1.807) is 0 Å². The summed E-state index contributed by atoms with van der Waals surface area (Å²) in [7, 11) is 0. The molecule has 3 aromatic rings. The summed E-state index contributed by atoms with van der Waals surface area (Å²) in [6.07, 6.45) is 2.42. The van der Waals surface area contributed by atoms with Crippen molar-refractivity contribution in [1.29, 1.82) is 0 Å². The molecule has 28 heavy (non-hydrogen) atoms. The third-order valence-electron chi connectivity index (χ3n) is 5.12. The summed E-state index contributed by atoms with van der Waals surface area (Å²) < 4.78 is 3.22. The predicted molar refractivity (Wildman–Crippen MR) is 107 cm³/mol. The molecule has 0 fully saturated rings. The SMILES string of the molecule is Cc1ccc(-c2nc3n(CC(=O)NCC(C)C)c4c(c(=O)n3n2)CCC4)cc1. The van der Waals surface area contributed by atoms with Crippen LogP contribution in [0.1, 0.15) is 37.1 Å². The summed E-state index contributed by atoms with van der Waals surface area (Å²) in [5.41, 5.74) is 3.55. The van der Waals surface area contributed by atoms with Crippen LogP contribution in [0.3, 0.4) is 0 Å². The lowest BCUT2D eigenvalue weighted by atomic mass is 10.1. The van der Waals surface area contributed by atoms with Gasteiger partial charge in [-0.2, -0.15) is 9.50 Å². The molecule has 2 aromatic heterocycles. The Balaban J connectivity index is 1.81.